The van der Waals surface area contributed by atoms with Crippen LogP contribution >= 0.6 is 0 Å². The third-order valence-corrected chi connectivity index (χ3v) is 5.67. The normalized spacial score (nSPS) is 15.4. The lowest BCUT2D eigenvalue weighted by molar-refractivity contribution is -0.133. The number of likely N-dealkylation sites (tertiary alicyclic amines) is 1. The molecule has 0 aliphatic carbocycles. The molecule has 3 rings (SSSR count). The molecule has 1 fully saturated rings. The molecule has 4 heteroatoms. The molecule has 0 N–H and O–H groups in total. The van der Waals surface area contributed by atoms with Crippen LogP contribution in [-0.2, 0) is 17.6 Å². The van der Waals surface area contributed by atoms with Crippen molar-refractivity contribution in [3.05, 3.63) is 65.7 Å². The summed E-state index contributed by atoms with van der Waals surface area (Å²) in [7, 11) is 3.82. The molecule has 0 saturated carbocycles. The molecule has 0 atom stereocenters. The molecule has 4 nitrogen and oxygen atoms in total. The van der Waals surface area contributed by atoms with Gasteiger partial charge >= 0.3 is 0 Å². The van der Waals surface area contributed by atoms with Crippen LogP contribution in [0.2, 0.25) is 0 Å². The summed E-state index contributed by atoms with van der Waals surface area (Å²) in [5.41, 5.74) is 2.39. The molecule has 2 aromatic carbocycles. The molecule has 0 bridgehead atoms. The Morgan fingerprint density at radius 3 is 2.36 bits per heavy atom. The molecule has 1 aliphatic rings. The van der Waals surface area contributed by atoms with E-state index in [1.54, 1.807) is 7.11 Å². The molecule has 0 radical (unpaired) electrons. The van der Waals surface area contributed by atoms with Gasteiger partial charge in [-0.15, -0.1) is 0 Å². The standard InChI is InChI=1S/C24H32N2O2/c1-25-17-14-22(15-18-25)26(16-6-9-20-7-4-3-5-8-20)24(27)19-21-10-12-23(28-2)13-11-21/h3-5,7-8,10-13,22H,6,9,14-19H2,1-2H3. The van der Waals surface area contributed by atoms with Crippen LogP contribution in [0.25, 0.3) is 0 Å². The van der Waals surface area contributed by atoms with Crippen LogP contribution in [0.4, 0.5) is 0 Å². The Balaban J connectivity index is 1.62. The minimum absolute atomic E-state index is 0.243. The molecule has 1 aliphatic heterocycles. The summed E-state index contributed by atoms with van der Waals surface area (Å²) in [6.45, 7) is 2.96. The largest absolute Gasteiger partial charge is 0.497 e. The second-order valence-corrected chi connectivity index (χ2v) is 7.74. The fourth-order valence-electron chi connectivity index (χ4n) is 3.94. The highest BCUT2D eigenvalue weighted by Crippen LogP contribution is 2.19. The van der Waals surface area contributed by atoms with Gasteiger partial charge in [0.2, 0.25) is 5.91 Å². The molecule has 1 heterocycles. The number of ether oxygens (including phenoxy) is 1. The zero-order valence-electron chi connectivity index (χ0n) is 17.1. The maximum atomic E-state index is 13.2. The van der Waals surface area contributed by atoms with Crippen LogP contribution in [0.1, 0.15) is 30.4 Å². The van der Waals surface area contributed by atoms with Crippen molar-refractivity contribution >= 4 is 5.91 Å². The average Bonchev–Trinajstić information content (AvgIpc) is 2.73. The number of hydrogen-bond acceptors (Lipinski definition) is 3. The fraction of sp³-hybridized carbons (Fsp3) is 0.458. The van der Waals surface area contributed by atoms with Gasteiger partial charge in [-0.25, -0.2) is 0 Å². The SMILES string of the molecule is COc1ccc(CC(=O)N(CCCc2ccccc2)C2CCN(C)CC2)cc1. The van der Waals surface area contributed by atoms with Gasteiger partial charge in [0.15, 0.2) is 0 Å². The zero-order valence-corrected chi connectivity index (χ0v) is 17.1. The van der Waals surface area contributed by atoms with Crippen LogP contribution in [0.15, 0.2) is 54.6 Å². The topological polar surface area (TPSA) is 32.8 Å². The third-order valence-electron chi connectivity index (χ3n) is 5.67. The second-order valence-electron chi connectivity index (χ2n) is 7.74. The van der Waals surface area contributed by atoms with E-state index < -0.39 is 0 Å². The van der Waals surface area contributed by atoms with Crippen LogP contribution in [0.5, 0.6) is 5.75 Å². The minimum Gasteiger partial charge on any atom is -0.497 e. The van der Waals surface area contributed by atoms with Gasteiger partial charge in [0.25, 0.3) is 0 Å². The van der Waals surface area contributed by atoms with Gasteiger partial charge < -0.3 is 14.5 Å². The number of nitrogens with zero attached hydrogens (tertiary/aromatic N) is 2. The highest BCUT2D eigenvalue weighted by atomic mass is 16.5. The van der Waals surface area contributed by atoms with E-state index in [1.807, 2.05) is 30.3 Å². The molecular formula is C24H32N2O2. The molecule has 0 spiro atoms. The molecule has 28 heavy (non-hydrogen) atoms. The third kappa shape index (κ3) is 5.83. The first-order valence-corrected chi connectivity index (χ1v) is 10.3. The van der Waals surface area contributed by atoms with E-state index >= 15 is 0 Å². The Hall–Kier alpha value is -2.33. The number of aryl methyl sites for hydroxylation is 1. The van der Waals surface area contributed by atoms with E-state index in [0.29, 0.717) is 12.5 Å². The van der Waals surface area contributed by atoms with Gasteiger partial charge in [-0.1, -0.05) is 42.5 Å². The van der Waals surface area contributed by atoms with E-state index in [0.717, 1.165) is 56.6 Å². The number of carbonyl (C=O) groups is 1. The van der Waals surface area contributed by atoms with Crippen molar-refractivity contribution < 1.29 is 9.53 Å². The minimum atomic E-state index is 0.243. The van der Waals surface area contributed by atoms with Gasteiger partial charge in [-0.3, -0.25) is 4.79 Å². The Morgan fingerprint density at radius 1 is 1.04 bits per heavy atom. The number of benzene rings is 2. The Labute approximate surface area is 169 Å². The van der Waals surface area contributed by atoms with Crippen molar-refractivity contribution in [1.29, 1.82) is 0 Å². The highest BCUT2D eigenvalue weighted by Gasteiger charge is 2.26. The zero-order chi connectivity index (χ0) is 19.8. The summed E-state index contributed by atoms with van der Waals surface area (Å²) in [6, 6.07) is 18.7. The van der Waals surface area contributed by atoms with Crippen molar-refractivity contribution in [3.8, 4) is 5.75 Å². The van der Waals surface area contributed by atoms with E-state index in [1.165, 1.54) is 5.56 Å². The lowest BCUT2D eigenvalue weighted by Crippen LogP contribution is -2.47. The molecule has 2 aromatic rings. The van der Waals surface area contributed by atoms with Crippen molar-refractivity contribution in [2.45, 2.75) is 38.1 Å². The van der Waals surface area contributed by atoms with Crippen molar-refractivity contribution in [2.24, 2.45) is 0 Å². The highest BCUT2D eigenvalue weighted by molar-refractivity contribution is 5.79. The predicted molar refractivity (Wildman–Crippen MR) is 114 cm³/mol. The number of carbonyl (C=O) groups excluding carboxylic acids is 1. The fourth-order valence-corrected chi connectivity index (χ4v) is 3.94. The van der Waals surface area contributed by atoms with E-state index in [-0.39, 0.29) is 5.91 Å². The van der Waals surface area contributed by atoms with Crippen LogP contribution in [0.3, 0.4) is 0 Å². The van der Waals surface area contributed by atoms with Crippen molar-refractivity contribution in [2.75, 3.05) is 33.8 Å². The number of piperidine rings is 1. The van der Waals surface area contributed by atoms with Gasteiger partial charge in [0.1, 0.15) is 5.75 Å². The van der Waals surface area contributed by atoms with E-state index in [4.69, 9.17) is 4.74 Å². The van der Waals surface area contributed by atoms with Crippen molar-refractivity contribution in [1.82, 2.24) is 9.80 Å². The molecule has 150 valence electrons. The first kappa shape index (κ1) is 20.4. The maximum Gasteiger partial charge on any atom is 0.227 e. The summed E-state index contributed by atoms with van der Waals surface area (Å²) in [5, 5.41) is 0. The van der Waals surface area contributed by atoms with Crippen LogP contribution in [0, 0.1) is 0 Å². The first-order chi connectivity index (χ1) is 13.7. The van der Waals surface area contributed by atoms with Gasteiger partial charge in [0.05, 0.1) is 13.5 Å². The summed E-state index contributed by atoms with van der Waals surface area (Å²) in [5.74, 6) is 1.07. The van der Waals surface area contributed by atoms with Gasteiger partial charge in [-0.2, -0.15) is 0 Å². The monoisotopic (exact) mass is 380 g/mol. The Kier molecular flexibility index (Phi) is 7.49. The lowest BCUT2D eigenvalue weighted by atomic mass is 10.0. The average molecular weight is 381 g/mol. The molecule has 1 saturated heterocycles. The lowest BCUT2D eigenvalue weighted by Gasteiger charge is -2.37. The Morgan fingerprint density at radius 2 is 1.71 bits per heavy atom. The van der Waals surface area contributed by atoms with Crippen LogP contribution in [-0.4, -0.2) is 55.5 Å². The van der Waals surface area contributed by atoms with Crippen molar-refractivity contribution in [3.63, 3.8) is 0 Å². The summed E-state index contributed by atoms with van der Waals surface area (Å²) in [6.07, 6.45) is 4.61. The van der Waals surface area contributed by atoms with Crippen LogP contribution < -0.4 is 4.74 Å². The summed E-state index contributed by atoms with van der Waals surface area (Å²) >= 11 is 0. The summed E-state index contributed by atoms with van der Waals surface area (Å²) in [4.78, 5) is 17.7. The smallest absolute Gasteiger partial charge is 0.227 e. The summed E-state index contributed by atoms with van der Waals surface area (Å²) < 4.78 is 5.22. The molecular weight excluding hydrogens is 348 g/mol. The first-order valence-electron chi connectivity index (χ1n) is 10.3. The van der Waals surface area contributed by atoms with Gasteiger partial charge in [-0.05, 0) is 69.1 Å². The predicted octanol–water partition coefficient (Wildman–Crippen LogP) is 3.79. The van der Waals surface area contributed by atoms with Gasteiger partial charge in [0, 0.05) is 12.6 Å². The molecule has 1 amide bonds. The van der Waals surface area contributed by atoms with E-state index in [9.17, 15) is 4.79 Å². The molecule has 0 aromatic heterocycles. The number of hydrogen-bond donors (Lipinski definition) is 0. The number of amides is 1. The van der Waals surface area contributed by atoms with E-state index in [2.05, 4.69) is 41.1 Å². The second kappa shape index (κ2) is 10.3. The number of methoxy groups -OCH3 is 1. The quantitative estimate of drug-likeness (QED) is 0.698. The number of rotatable bonds is 8. The maximum absolute atomic E-state index is 13.2. The molecule has 0 unspecified atom stereocenters. The Bertz CT molecular complexity index is 722.